The molecule has 3 aliphatic heterocycles. The Bertz CT molecular complexity index is 742. The summed E-state index contributed by atoms with van der Waals surface area (Å²) >= 11 is 0. The van der Waals surface area contributed by atoms with Gasteiger partial charge >= 0.3 is 0 Å². The van der Waals surface area contributed by atoms with Gasteiger partial charge in [-0.15, -0.1) is 0 Å². The van der Waals surface area contributed by atoms with Gasteiger partial charge in [-0.1, -0.05) is 27.7 Å². The highest BCUT2D eigenvalue weighted by atomic mass is 16.5. The van der Waals surface area contributed by atoms with Gasteiger partial charge in [-0.3, -0.25) is 14.4 Å². The molecule has 3 aliphatic rings. The number of ether oxygens (including phenoxy) is 1. The van der Waals surface area contributed by atoms with E-state index < -0.39 is 35.1 Å². The lowest BCUT2D eigenvalue weighted by molar-refractivity contribution is -0.146. The van der Waals surface area contributed by atoms with Crippen LogP contribution in [-0.4, -0.2) is 70.7 Å². The van der Waals surface area contributed by atoms with E-state index in [1.165, 1.54) is 4.90 Å². The van der Waals surface area contributed by atoms with Crippen molar-refractivity contribution >= 4 is 17.7 Å². The van der Waals surface area contributed by atoms with Crippen molar-refractivity contribution < 1.29 is 24.2 Å². The number of hydrogen-bond donors (Lipinski definition) is 3. The number of rotatable bonds is 7. The first-order valence-electron chi connectivity index (χ1n) is 11.5. The van der Waals surface area contributed by atoms with E-state index in [2.05, 4.69) is 31.4 Å². The van der Waals surface area contributed by atoms with Crippen LogP contribution in [-0.2, 0) is 19.1 Å². The van der Waals surface area contributed by atoms with Crippen LogP contribution in [0.5, 0.6) is 0 Å². The molecule has 8 nitrogen and oxygen atoms in total. The minimum absolute atomic E-state index is 0.00641. The topological polar surface area (TPSA) is 108 Å². The van der Waals surface area contributed by atoms with Crippen molar-refractivity contribution in [2.24, 2.45) is 17.3 Å². The van der Waals surface area contributed by atoms with Gasteiger partial charge in [-0.2, -0.15) is 0 Å². The molecule has 3 fully saturated rings. The van der Waals surface area contributed by atoms with E-state index in [1.807, 2.05) is 20.8 Å². The molecule has 6 atom stereocenters. The summed E-state index contributed by atoms with van der Waals surface area (Å²) in [7, 11) is 1.56. The maximum Gasteiger partial charge on any atom is 0.246 e. The lowest BCUT2D eigenvalue weighted by Gasteiger charge is -2.40. The SMILES string of the molecule is CC[C@@H](CO)N1C(=O)[C@@H]2[C@H](C(=O)NC)[C@@H]3CCC2(O3)C1C(=O)NC(C)(C)CC(C)(C)C. The maximum absolute atomic E-state index is 13.7. The smallest absolute Gasteiger partial charge is 0.246 e. The minimum atomic E-state index is -1.02. The summed E-state index contributed by atoms with van der Waals surface area (Å²) in [6.45, 7) is 12.0. The summed E-state index contributed by atoms with van der Waals surface area (Å²) in [5.41, 5.74) is -1.51. The summed E-state index contributed by atoms with van der Waals surface area (Å²) in [5.74, 6) is -2.06. The Labute approximate surface area is 185 Å². The monoisotopic (exact) mass is 437 g/mol. The molecule has 0 aromatic rings. The van der Waals surface area contributed by atoms with Gasteiger partial charge < -0.3 is 25.4 Å². The summed E-state index contributed by atoms with van der Waals surface area (Å²) in [6, 6.07) is -1.36. The number of amides is 3. The van der Waals surface area contributed by atoms with Crippen LogP contribution in [0.4, 0.5) is 0 Å². The normalized spacial score (nSPS) is 33.4. The second-order valence-corrected chi connectivity index (χ2v) is 11.3. The Morgan fingerprint density at radius 1 is 1.26 bits per heavy atom. The van der Waals surface area contributed by atoms with E-state index >= 15 is 0 Å². The van der Waals surface area contributed by atoms with Crippen LogP contribution in [0, 0.1) is 17.3 Å². The molecule has 0 aliphatic carbocycles. The van der Waals surface area contributed by atoms with Gasteiger partial charge in [-0.25, -0.2) is 0 Å². The molecular formula is C23H39N3O5. The summed E-state index contributed by atoms with van der Waals surface area (Å²) in [5, 5.41) is 15.8. The molecule has 3 N–H and O–H groups in total. The molecule has 0 aromatic heterocycles. The molecule has 2 bridgehead atoms. The average Bonchev–Trinajstić information content (AvgIpc) is 3.27. The molecule has 176 valence electrons. The number of carbonyl (C=O) groups excluding carboxylic acids is 3. The first-order valence-corrected chi connectivity index (χ1v) is 11.5. The van der Waals surface area contributed by atoms with Crippen molar-refractivity contribution in [2.45, 2.75) is 96.6 Å². The Morgan fingerprint density at radius 2 is 1.90 bits per heavy atom. The van der Waals surface area contributed by atoms with Gasteiger partial charge in [0.05, 0.1) is 30.6 Å². The number of likely N-dealkylation sites (tertiary alicyclic amines) is 1. The fraction of sp³-hybridized carbons (Fsp3) is 0.870. The first kappa shape index (κ1) is 24.0. The molecule has 3 saturated heterocycles. The van der Waals surface area contributed by atoms with Crippen molar-refractivity contribution in [3.8, 4) is 0 Å². The van der Waals surface area contributed by atoms with Crippen molar-refractivity contribution in [1.82, 2.24) is 15.5 Å². The van der Waals surface area contributed by atoms with Crippen molar-refractivity contribution in [1.29, 1.82) is 0 Å². The molecule has 0 radical (unpaired) electrons. The third kappa shape index (κ3) is 3.97. The van der Waals surface area contributed by atoms with Crippen LogP contribution in [0.2, 0.25) is 0 Å². The van der Waals surface area contributed by atoms with Crippen molar-refractivity contribution in [2.75, 3.05) is 13.7 Å². The Kier molecular flexibility index (Phi) is 6.21. The highest BCUT2D eigenvalue weighted by Gasteiger charge is 2.75. The van der Waals surface area contributed by atoms with E-state index in [9.17, 15) is 19.5 Å². The number of nitrogens with zero attached hydrogens (tertiary/aromatic N) is 1. The number of hydrogen-bond acceptors (Lipinski definition) is 5. The van der Waals surface area contributed by atoms with Crippen molar-refractivity contribution in [3.05, 3.63) is 0 Å². The largest absolute Gasteiger partial charge is 0.394 e. The molecular weight excluding hydrogens is 398 g/mol. The summed E-state index contributed by atoms with van der Waals surface area (Å²) in [4.78, 5) is 41.6. The number of fused-ring (bicyclic) bond motifs is 1. The first-order chi connectivity index (χ1) is 14.3. The van der Waals surface area contributed by atoms with Crippen LogP contribution < -0.4 is 10.6 Å². The quantitative estimate of drug-likeness (QED) is 0.555. The Balaban J connectivity index is 2.00. The molecule has 3 heterocycles. The molecule has 3 amide bonds. The summed E-state index contributed by atoms with van der Waals surface area (Å²) in [6.07, 6.45) is 2.10. The molecule has 31 heavy (non-hydrogen) atoms. The molecule has 8 heteroatoms. The fourth-order valence-corrected chi connectivity index (χ4v) is 6.44. The van der Waals surface area contributed by atoms with Crippen LogP contribution in [0.3, 0.4) is 0 Å². The van der Waals surface area contributed by atoms with Gasteiger partial charge in [-0.05, 0) is 44.9 Å². The van der Waals surface area contributed by atoms with E-state index in [0.29, 0.717) is 19.3 Å². The van der Waals surface area contributed by atoms with Gasteiger partial charge in [0.25, 0.3) is 0 Å². The maximum atomic E-state index is 13.7. The number of carbonyl (C=O) groups is 3. The van der Waals surface area contributed by atoms with E-state index in [4.69, 9.17) is 4.74 Å². The highest BCUT2D eigenvalue weighted by Crippen LogP contribution is 2.58. The molecule has 0 saturated carbocycles. The zero-order valence-electron chi connectivity index (χ0n) is 19.9. The molecule has 2 unspecified atom stereocenters. The summed E-state index contributed by atoms with van der Waals surface area (Å²) < 4.78 is 6.34. The lowest BCUT2D eigenvalue weighted by atomic mass is 9.70. The molecule has 0 aromatic carbocycles. The number of nitrogens with one attached hydrogen (secondary N) is 2. The van der Waals surface area contributed by atoms with Crippen LogP contribution >= 0.6 is 0 Å². The minimum Gasteiger partial charge on any atom is -0.394 e. The van der Waals surface area contributed by atoms with E-state index in [0.717, 1.165) is 6.42 Å². The number of aliphatic hydroxyl groups excluding tert-OH is 1. The van der Waals surface area contributed by atoms with E-state index in [-0.39, 0.29) is 35.8 Å². The second-order valence-electron chi connectivity index (χ2n) is 11.3. The van der Waals surface area contributed by atoms with Gasteiger partial charge in [0.15, 0.2) is 0 Å². The van der Waals surface area contributed by atoms with Crippen LogP contribution in [0.1, 0.15) is 67.2 Å². The predicted octanol–water partition coefficient (Wildman–Crippen LogP) is 1.21. The molecule has 1 spiro atoms. The number of aliphatic hydroxyl groups is 1. The highest BCUT2D eigenvalue weighted by molar-refractivity contribution is 5.99. The zero-order valence-corrected chi connectivity index (χ0v) is 19.9. The average molecular weight is 438 g/mol. The predicted molar refractivity (Wildman–Crippen MR) is 116 cm³/mol. The van der Waals surface area contributed by atoms with Crippen LogP contribution in [0.15, 0.2) is 0 Å². The van der Waals surface area contributed by atoms with Crippen molar-refractivity contribution in [3.63, 3.8) is 0 Å². The fourth-order valence-electron chi connectivity index (χ4n) is 6.44. The van der Waals surface area contributed by atoms with Gasteiger partial charge in [0, 0.05) is 12.6 Å². The third-order valence-electron chi connectivity index (χ3n) is 7.04. The van der Waals surface area contributed by atoms with Gasteiger partial charge in [0.2, 0.25) is 17.7 Å². The van der Waals surface area contributed by atoms with Gasteiger partial charge in [0.1, 0.15) is 11.6 Å². The molecule has 3 rings (SSSR count). The van der Waals surface area contributed by atoms with E-state index in [1.54, 1.807) is 7.05 Å². The third-order valence-corrected chi connectivity index (χ3v) is 7.04. The zero-order chi connectivity index (χ0) is 23.4. The standard InChI is InChI=1S/C23H39N3O5/c1-8-13(11-27)26-17(19(29)25-22(5,6)12-21(2,3)4)23-10-9-14(31-23)15(18(28)24-7)16(23)20(26)30/h13-17,27H,8-12H2,1-7H3,(H,24,28)(H,25,29)/t13-,14-,15+,16-,17?,23?/m0/s1. The second kappa shape index (κ2) is 8.03. The van der Waals surface area contributed by atoms with Crippen LogP contribution in [0.25, 0.3) is 0 Å². The lowest BCUT2D eigenvalue weighted by Crippen LogP contribution is -2.61. The Morgan fingerprint density at radius 3 is 2.42 bits per heavy atom. The Hall–Kier alpha value is -1.67.